The van der Waals surface area contributed by atoms with Crippen LogP contribution in [0, 0.1) is 0 Å². The second kappa shape index (κ2) is 5.13. The third-order valence-electron chi connectivity index (χ3n) is 3.71. The van der Waals surface area contributed by atoms with Crippen LogP contribution in [-0.2, 0) is 0 Å². The van der Waals surface area contributed by atoms with E-state index in [2.05, 4.69) is 12.2 Å². The predicted octanol–water partition coefficient (Wildman–Crippen LogP) is 2.38. The van der Waals surface area contributed by atoms with Gasteiger partial charge < -0.3 is 10.4 Å². The summed E-state index contributed by atoms with van der Waals surface area (Å²) in [6.45, 7) is 3.39. The molecule has 2 unspecified atom stereocenters. The molecule has 86 valence electrons. The van der Waals surface area contributed by atoms with Crippen molar-refractivity contribution in [1.29, 1.82) is 0 Å². The van der Waals surface area contributed by atoms with Crippen LogP contribution in [-0.4, -0.2) is 23.8 Å². The molecule has 0 bridgehead atoms. The van der Waals surface area contributed by atoms with E-state index in [1.807, 2.05) is 0 Å². The smallest absolute Gasteiger partial charge is 0.0580 e. The van der Waals surface area contributed by atoms with Gasteiger partial charge in [0.2, 0.25) is 0 Å². The first-order valence-electron chi connectivity index (χ1n) is 6.40. The molecular formula is C13H23NO. The van der Waals surface area contributed by atoms with Crippen molar-refractivity contribution in [2.24, 2.45) is 0 Å². The van der Waals surface area contributed by atoms with Crippen LogP contribution in [0.15, 0.2) is 11.1 Å². The Morgan fingerprint density at radius 3 is 2.87 bits per heavy atom. The van der Waals surface area contributed by atoms with Gasteiger partial charge in [0, 0.05) is 6.04 Å². The van der Waals surface area contributed by atoms with Crippen molar-refractivity contribution in [3.05, 3.63) is 11.1 Å². The average Bonchev–Trinajstić information content (AvgIpc) is 2.60. The Labute approximate surface area is 92.8 Å². The summed E-state index contributed by atoms with van der Waals surface area (Å²) < 4.78 is 0. The quantitative estimate of drug-likeness (QED) is 0.550. The molecule has 0 aromatic carbocycles. The molecule has 0 aromatic heterocycles. The Hall–Kier alpha value is -0.340. The van der Waals surface area contributed by atoms with Crippen molar-refractivity contribution in [2.75, 3.05) is 6.54 Å². The molecule has 0 fully saturated rings. The zero-order chi connectivity index (χ0) is 10.7. The van der Waals surface area contributed by atoms with Crippen molar-refractivity contribution in [2.45, 2.75) is 64.0 Å². The van der Waals surface area contributed by atoms with Gasteiger partial charge in [-0.15, -0.1) is 0 Å². The number of unbranched alkanes of at least 4 members (excludes halogenated alkanes) is 1. The van der Waals surface area contributed by atoms with Crippen molar-refractivity contribution < 1.29 is 5.11 Å². The van der Waals surface area contributed by atoms with E-state index in [4.69, 9.17) is 0 Å². The maximum absolute atomic E-state index is 9.60. The lowest BCUT2D eigenvalue weighted by molar-refractivity contribution is 0.158. The van der Waals surface area contributed by atoms with Gasteiger partial charge in [0.05, 0.1) is 6.10 Å². The van der Waals surface area contributed by atoms with Gasteiger partial charge in [-0.05, 0) is 45.1 Å². The molecule has 0 heterocycles. The number of nitrogens with one attached hydrogen (secondary N) is 1. The summed E-state index contributed by atoms with van der Waals surface area (Å²) in [6, 6.07) is 0.673. The molecule has 2 atom stereocenters. The van der Waals surface area contributed by atoms with E-state index in [9.17, 15) is 5.11 Å². The molecule has 0 aromatic rings. The highest BCUT2D eigenvalue weighted by atomic mass is 16.3. The molecule has 0 saturated carbocycles. The maximum Gasteiger partial charge on any atom is 0.0580 e. The number of hydrogen-bond donors (Lipinski definition) is 2. The summed E-state index contributed by atoms with van der Waals surface area (Å²) in [5.74, 6) is 0. The van der Waals surface area contributed by atoms with Gasteiger partial charge >= 0.3 is 0 Å². The molecule has 2 aliphatic carbocycles. The average molecular weight is 209 g/mol. The number of aliphatic hydroxyl groups excluding tert-OH is 1. The molecule has 15 heavy (non-hydrogen) atoms. The van der Waals surface area contributed by atoms with E-state index in [-0.39, 0.29) is 6.10 Å². The molecule has 0 aliphatic heterocycles. The van der Waals surface area contributed by atoms with Gasteiger partial charge in [-0.3, -0.25) is 0 Å². The fourth-order valence-electron chi connectivity index (χ4n) is 2.82. The highest BCUT2D eigenvalue weighted by Gasteiger charge is 2.28. The Morgan fingerprint density at radius 1 is 1.27 bits per heavy atom. The molecule has 0 radical (unpaired) electrons. The Morgan fingerprint density at radius 2 is 2.07 bits per heavy atom. The lowest BCUT2D eigenvalue weighted by Gasteiger charge is -2.18. The number of rotatable bonds is 4. The van der Waals surface area contributed by atoms with Crippen LogP contribution in [0.2, 0.25) is 0 Å². The summed E-state index contributed by atoms with van der Waals surface area (Å²) in [5, 5.41) is 13.2. The van der Waals surface area contributed by atoms with E-state index < -0.39 is 0 Å². The third kappa shape index (κ3) is 2.82. The van der Waals surface area contributed by atoms with Crippen LogP contribution in [0.5, 0.6) is 0 Å². The van der Waals surface area contributed by atoms with Gasteiger partial charge in [0.25, 0.3) is 0 Å². The standard InChI is InChI=1S/C13H23NO/c1-2-3-6-14-12-7-10-4-5-13(15)9-11(10)8-12/h12-15H,2-9H2,1H3. The van der Waals surface area contributed by atoms with Crippen molar-refractivity contribution in [3.63, 3.8) is 0 Å². The van der Waals surface area contributed by atoms with E-state index >= 15 is 0 Å². The highest BCUT2D eigenvalue weighted by molar-refractivity contribution is 5.26. The molecule has 2 heteroatoms. The topological polar surface area (TPSA) is 32.3 Å². The number of hydrogen-bond acceptors (Lipinski definition) is 2. The van der Waals surface area contributed by atoms with Crippen LogP contribution >= 0.6 is 0 Å². The minimum absolute atomic E-state index is 0.0573. The molecule has 0 amide bonds. The summed E-state index contributed by atoms with van der Waals surface area (Å²) in [5.41, 5.74) is 3.21. The van der Waals surface area contributed by atoms with E-state index in [0.29, 0.717) is 6.04 Å². The van der Waals surface area contributed by atoms with Gasteiger partial charge in [0.15, 0.2) is 0 Å². The zero-order valence-corrected chi connectivity index (χ0v) is 9.76. The Bertz CT molecular complexity index is 247. The SMILES string of the molecule is CCCCNC1CC2=C(CC(O)CC2)C1. The van der Waals surface area contributed by atoms with Crippen LogP contribution in [0.25, 0.3) is 0 Å². The first-order chi connectivity index (χ1) is 7.29. The van der Waals surface area contributed by atoms with Crippen molar-refractivity contribution >= 4 is 0 Å². The third-order valence-corrected chi connectivity index (χ3v) is 3.71. The van der Waals surface area contributed by atoms with Crippen LogP contribution in [0.1, 0.15) is 51.9 Å². The molecule has 0 saturated heterocycles. The van der Waals surface area contributed by atoms with Gasteiger partial charge in [-0.25, -0.2) is 0 Å². The second-order valence-electron chi connectivity index (χ2n) is 5.02. The van der Waals surface area contributed by atoms with Crippen molar-refractivity contribution in [1.82, 2.24) is 5.32 Å². The second-order valence-corrected chi connectivity index (χ2v) is 5.02. The molecule has 2 N–H and O–H groups in total. The first-order valence-corrected chi connectivity index (χ1v) is 6.40. The van der Waals surface area contributed by atoms with Gasteiger partial charge in [-0.1, -0.05) is 24.5 Å². The van der Waals surface area contributed by atoms with E-state index in [1.54, 1.807) is 11.1 Å². The summed E-state index contributed by atoms with van der Waals surface area (Å²) >= 11 is 0. The normalized spacial score (nSPS) is 30.8. The van der Waals surface area contributed by atoms with Crippen LogP contribution < -0.4 is 5.32 Å². The van der Waals surface area contributed by atoms with Gasteiger partial charge in [-0.2, -0.15) is 0 Å². The first kappa shape index (κ1) is 11.2. The zero-order valence-electron chi connectivity index (χ0n) is 9.76. The number of aliphatic hydroxyl groups is 1. The van der Waals surface area contributed by atoms with Crippen LogP contribution in [0.3, 0.4) is 0 Å². The Balaban J connectivity index is 1.77. The molecular weight excluding hydrogens is 186 g/mol. The summed E-state index contributed by atoms with van der Waals surface area (Å²) in [6.07, 6.45) is 8.00. The minimum atomic E-state index is -0.0573. The predicted molar refractivity (Wildman–Crippen MR) is 62.8 cm³/mol. The fourth-order valence-corrected chi connectivity index (χ4v) is 2.82. The largest absolute Gasteiger partial charge is 0.393 e. The van der Waals surface area contributed by atoms with E-state index in [1.165, 1.54) is 25.7 Å². The van der Waals surface area contributed by atoms with Crippen molar-refractivity contribution in [3.8, 4) is 0 Å². The Kier molecular flexibility index (Phi) is 3.81. The van der Waals surface area contributed by atoms with E-state index in [0.717, 1.165) is 25.8 Å². The van der Waals surface area contributed by atoms with Crippen LogP contribution in [0.4, 0.5) is 0 Å². The fraction of sp³-hybridized carbons (Fsp3) is 0.846. The monoisotopic (exact) mass is 209 g/mol. The lowest BCUT2D eigenvalue weighted by Crippen LogP contribution is -2.27. The highest BCUT2D eigenvalue weighted by Crippen LogP contribution is 2.37. The maximum atomic E-state index is 9.60. The molecule has 2 aliphatic rings. The summed E-state index contributed by atoms with van der Waals surface area (Å²) in [7, 11) is 0. The minimum Gasteiger partial charge on any atom is -0.393 e. The van der Waals surface area contributed by atoms with Gasteiger partial charge in [0.1, 0.15) is 0 Å². The molecule has 2 rings (SSSR count). The lowest BCUT2D eigenvalue weighted by atomic mass is 9.92. The molecule has 2 nitrogen and oxygen atoms in total. The molecule has 0 spiro atoms. The summed E-state index contributed by atoms with van der Waals surface area (Å²) in [4.78, 5) is 0.